The lowest BCUT2D eigenvalue weighted by atomic mass is 9.86. The molecule has 0 aliphatic heterocycles. The molecule has 0 radical (unpaired) electrons. The van der Waals surface area contributed by atoms with E-state index in [4.69, 9.17) is 5.73 Å². The smallest absolute Gasteiger partial charge is 0.218 e. The van der Waals surface area contributed by atoms with E-state index < -0.39 is 0 Å². The Kier molecular flexibility index (Phi) is 5.83. The standard InChI is InChI=1S/C11H24N2O2/c1-8(5-10(12)15)13-7-11(3,4)6-9(2)14/h8-9,13-14H,5-7H2,1-4H3,(H2,12,15). The predicted molar refractivity (Wildman–Crippen MR) is 61.4 cm³/mol. The molecule has 0 saturated carbocycles. The van der Waals surface area contributed by atoms with E-state index in [0.717, 1.165) is 13.0 Å². The van der Waals surface area contributed by atoms with Crippen LogP contribution in [0.3, 0.4) is 0 Å². The van der Waals surface area contributed by atoms with Crippen LogP contribution in [-0.2, 0) is 4.79 Å². The zero-order valence-corrected chi connectivity index (χ0v) is 10.2. The summed E-state index contributed by atoms with van der Waals surface area (Å²) in [6, 6.07) is 0.0933. The fourth-order valence-corrected chi connectivity index (χ4v) is 1.70. The number of hydrogen-bond acceptors (Lipinski definition) is 3. The van der Waals surface area contributed by atoms with Crippen LogP contribution in [0.4, 0.5) is 0 Å². The molecule has 0 aromatic heterocycles. The molecular formula is C11H24N2O2. The van der Waals surface area contributed by atoms with Gasteiger partial charge in [-0.15, -0.1) is 0 Å². The Bertz CT molecular complexity index is 203. The number of rotatable bonds is 7. The third-order valence-corrected chi connectivity index (χ3v) is 2.28. The molecule has 15 heavy (non-hydrogen) atoms. The Hall–Kier alpha value is -0.610. The molecular weight excluding hydrogens is 192 g/mol. The van der Waals surface area contributed by atoms with Crippen LogP contribution >= 0.6 is 0 Å². The van der Waals surface area contributed by atoms with Gasteiger partial charge in [-0.25, -0.2) is 0 Å². The van der Waals surface area contributed by atoms with Gasteiger partial charge in [0.15, 0.2) is 0 Å². The van der Waals surface area contributed by atoms with Gasteiger partial charge in [-0.2, -0.15) is 0 Å². The third kappa shape index (κ3) is 8.39. The van der Waals surface area contributed by atoms with Gasteiger partial charge in [0.25, 0.3) is 0 Å². The third-order valence-electron chi connectivity index (χ3n) is 2.28. The number of carbonyl (C=O) groups is 1. The van der Waals surface area contributed by atoms with Crippen LogP contribution in [0, 0.1) is 5.41 Å². The predicted octanol–water partition coefficient (Wildman–Crippen LogP) is 0.637. The molecule has 0 rings (SSSR count). The summed E-state index contributed by atoms with van der Waals surface area (Å²) in [6.07, 6.45) is 0.793. The molecule has 0 saturated heterocycles. The van der Waals surface area contributed by atoms with E-state index in [-0.39, 0.29) is 23.5 Å². The Labute approximate surface area is 92.2 Å². The van der Waals surface area contributed by atoms with Gasteiger partial charge in [0.2, 0.25) is 5.91 Å². The van der Waals surface area contributed by atoms with Gasteiger partial charge < -0.3 is 16.2 Å². The Morgan fingerprint density at radius 1 is 1.47 bits per heavy atom. The molecule has 0 fully saturated rings. The van der Waals surface area contributed by atoms with Gasteiger partial charge in [0, 0.05) is 19.0 Å². The van der Waals surface area contributed by atoms with Crippen molar-refractivity contribution in [3.05, 3.63) is 0 Å². The second kappa shape index (κ2) is 6.08. The average Bonchev–Trinajstić information content (AvgIpc) is 1.97. The summed E-state index contributed by atoms with van der Waals surface area (Å²) in [5.74, 6) is -0.289. The highest BCUT2D eigenvalue weighted by Gasteiger charge is 2.20. The van der Waals surface area contributed by atoms with E-state index in [9.17, 15) is 9.90 Å². The number of primary amides is 1. The number of nitrogens with one attached hydrogen (secondary N) is 1. The summed E-state index contributed by atoms with van der Waals surface area (Å²) >= 11 is 0. The van der Waals surface area contributed by atoms with Crippen molar-refractivity contribution in [1.82, 2.24) is 5.32 Å². The van der Waals surface area contributed by atoms with Gasteiger partial charge in [-0.3, -0.25) is 4.79 Å². The largest absolute Gasteiger partial charge is 0.393 e. The monoisotopic (exact) mass is 216 g/mol. The van der Waals surface area contributed by atoms with Gasteiger partial charge in [0.1, 0.15) is 0 Å². The van der Waals surface area contributed by atoms with Crippen molar-refractivity contribution in [1.29, 1.82) is 0 Å². The molecule has 0 bridgehead atoms. The van der Waals surface area contributed by atoms with E-state index in [0.29, 0.717) is 6.42 Å². The first-order valence-corrected chi connectivity index (χ1v) is 5.43. The van der Waals surface area contributed by atoms with E-state index >= 15 is 0 Å². The maximum Gasteiger partial charge on any atom is 0.218 e. The quantitative estimate of drug-likeness (QED) is 0.584. The molecule has 1 amide bonds. The second-order valence-corrected chi connectivity index (χ2v) is 5.17. The minimum atomic E-state index is -0.298. The Morgan fingerprint density at radius 2 is 2.00 bits per heavy atom. The Morgan fingerprint density at radius 3 is 2.40 bits per heavy atom. The second-order valence-electron chi connectivity index (χ2n) is 5.17. The lowest BCUT2D eigenvalue weighted by Gasteiger charge is -2.28. The average molecular weight is 216 g/mol. The number of carbonyl (C=O) groups excluding carboxylic acids is 1. The fourth-order valence-electron chi connectivity index (χ4n) is 1.70. The van der Waals surface area contributed by atoms with Gasteiger partial charge in [-0.1, -0.05) is 13.8 Å². The summed E-state index contributed by atoms with van der Waals surface area (Å²) in [4.78, 5) is 10.7. The van der Waals surface area contributed by atoms with Crippen LogP contribution < -0.4 is 11.1 Å². The maximum atomic E-state index is 10.7. The van der Waals surface area contributed by atoms with Crippen molar-refractivity contribution >= 4 is 5.91 Å². The van der Waals surface area contributed by atoms with Crippen LogP contribution in [0.2, 0.25) is 0 Å². The van der Waals surface area contributed by atoms with Crippen LogP contribution in [0.1, 0.15) is 40.5 Å². The summed E-state index contributed by atoms with van der Waals surface area (Å²) in [6.45, 7) is 8.66. The topological polar surface area (TPSA) is 75.3 Å². The van der Waals surface area contributed by atoms with E-state index in [2.05, 4.69) is 19.2 Å². The minimum absolute atomic E-state index is 0.0279. The molecule has 4 N–H and O–H groups in total. The molecule has 2 unspecified atom stereocenters. The van der Waals surface area contributed by atoms with Crippen LogP contribution in [0.5, 0.6) is 0 Å². The van der Waals surface area contributed by atoms with Crippen LogP contribution in [0.25, 0.3) is 0 Å². The molecule has 0 heterocycles. The molecule has 0 aromatic rings. The highest BCUT2D eigenvalue weighted by molar-refractivity contribution is 5.74. The van der Waals surface area contributed by atoms with Gasteiger partial charge in [-0.05, 0) is 25.7 Å². The van der Waals surface area contributed by atoms with Crippen LogP contribution in [-0.4, -0.2) is 29.7 Å². The van der Waals surface area contributed by atoms with Gasteiger partial charge >= 0.3 is 0 Å². The summed E-state index contributed by atoms with van der Waals surface area (Å²) in [7, 11) is 0. The summed E-state index contributed by atoms with van der Waals surface area (Å²) in [5, 5.41) is 12.5. The highest BCUT2D eigenvalue weighted by Crippen LogP contribution is 2.21. The van der Waals surface area contributed by atoms with Crippen molar-refractivity contribution < 1.29 is 9.90 Å². The molecule has 0 aliphatic carbocycles. The SMILES string of the molecule is CC(O)CC(C)(C)CNC(C)CC(N)=O. The van der Waals surface area contributed by atoms with Gasteiger partial charge in [0.05, 0.1) is 6.10 Å². The van der Waals surface area contributed by atoms with Crippen molar-refractivity contribution in [3.63, 3.8) is 0 Å². The fraction of sp³-hybridized carbons (Fsp3) is 0.909. The van der Waals surface area contributed by atoms with Crippen LogP contribution in [0.15, 0.2) is 0 Å². The highest BCUT2D eigenvalue weighted by atomic mass is 16.3. The van der Waals surface area contributed by atoms with Crippen molar-refractivity contribution in [3.8, 4) is 0 Å². The maximum absolute atomic E-state index is 10.7. The van der Waals surface area contributed by atoms with Crippen molar-refractivity contribution in [2.45, 2.75) is 52.7 Å². The number of aliphatic hydroxyl groups excluding tert-OH is 1. The number of nitrogens with two attached hydrogens (primary N) is 1. The molecule has 0 aromatic carbocycles. The molecule has 0 aliphatic rings. The lowest BCUT2D eigenvalue weighted by molar-refractivity contribution is -0.118. The van der Waals surface area contributed by atoms with E-state index in [1.807, 2.05) is 6.92 Å². The molecule has 2 atom stereocenters. The summed E-state index contributed by atoms with van der Waals surface area (Å²) < 4.78 is 0. The molecule has 90 valence electrons. The zero-order chi connectivity index (χ0) is 12.1. The first kappa shape index (κ1) is 14.4. The molecule has 4 heteroatoms. The molecule has 0 spiro atoms. The molecule has 4 nitrogen and oxygen atoms in total. The Balaban J connectivity index is 3.86. The van der Waals surface area contributed by atoms with Crippen molar-refractivity contribution in [2.75, 3.05) is 6.54 Å². The van der Waals surface area contributed by atoms with Crippen molar-refractivity contribution in [2.24, 2.45) is 11.1 Å². The number of aliphatic hydroxyl groups is 1. The zero-order valence-electron chi connectivity index (χ0n) is 10.2. The number of amides is 1. The first-order valence-electron chi connectivity index (χ1n) is 5.43. The normalized spacial score (nSPS) is 16.1. The first-order chi connectivity index (χ1) is 6.73. The van der Waals surface area contributed by atoms with E-state index in [1.54, 1.807) is 6.92 Å². The minimum Gasteiger partial charge on any atom is -0.393 e. The van der Waals surface area contributed by atoms with E-state index in [1.165, 1.54) is 0 Å². The summed E-state index contributed by atoms with van der Waals surface area (Å²) in [5.41, 5.74) is 5.12. The number of hydrogen-bond donors (Lipinski definition) is 3. The lowest BCUT2D eigenvalue weighted by Crippen LogP contribution is -2.38.